The topological polar surface area (TPSA) is 247 Å². The van der Waals surface area contributed by atoms with Gasteiger partial charge in [0.05, 0.1) is 0 Å². The largest absolute Gasteiger partial charge is 0.500 e. The molecule has 7 fully saturated rings. The van der Waals surface area contributed by atoms with Gasteiger partial charge < -0.3 is 154 Å². The number of nitrogens with zero attached hydrogens (tertiary/aromatic N) is 11. The van der Waals surface area contributed by atoms with E-state index in [0.29, 0.717) is 39.6 Å². The van der Waals surface area contributed by atoms with Crippen molar-refractivity contribution in [3.63, 3.8) is 0 Å². The molecule has 7 saturated heterocycles. The van der Waals surface area contributed by atoms with Gasteiger partial charge in [0.15, 0.2) is 0 Å². The third-order valence-corrected chi connectivity index (χ3v) is 44.8. The number of likely N-dealkylation sites (N-methyl/N-ethyl adjacent to an activating group) is 4. The van der Waals surface area contributed by atoms with E-state index >= 15 is 0 Å². The molecule has 0 aromatic heterocycles. The minimum absolute atomic E-state index is 0.667. The second-order valence-electron chi connectivity index (χ2n) is 32.1. The Balaban J connectivity index is 0.000000707. The maximum Gasteiger partial charge on any atom is 0.500 e. The minimum Gasteiger partial charge on any atom is -0.398 e. The SMILES string of the molecule is CCN1CCN(CCC[Si](OC)(OC)OC)CC1.CCO[Si](CCCN1CCN(C)CC1)(OCC)OCC.CCO[Si](CCCN1CCNCC1)(OCC)OCC.CO[Si](C)(CCCN1CCN(C)CC1)OC.CO[Si](C)(CCCN1CCNCC1)OC.CO[Si](CCCN1CCN(C)CC1)(OC)OC.CO[Si](CCCN1CCNCC1)(OC)OC. The molecule has 0 bridgehead atoms. The van der Waals surface area contributed by atoms with Gasteiger partial charge in [0.25, 0.3) is 0 Å². The first-order valence-corrected chi connectivity index (χ1v) is 61.0. The van der Waals surface area contributed by atoms with Crippen molar-refractivity contribution < 1.29 is 84.1 Å². The van der Waals surface area contributed by atoms with E-state index in [-0.39, 0.29) is 0 Å². The number of hydrogen-bond acceptors (Lipinski definition) is 33. The number of rotatable bonds is 54. The first-order chi connectivity index (χ1) is 58.3. The van der Waals surface area contributed by atoms with Gasteiger partial charge in [0.2, 0.25) is 0 Å². The molecule has 0 saturated carbocycles. The van der Waals surface area contributed by atoms with Crippen molar-refractivity contribution in [2.75, 3.05) is 389 Å². The van der Waals surface area contributed by atoms with Crippen LogP contribution < -0.4 is 16.0 Å². The molecule has 40 heteroatoms. The molecule has 726 valence electrons. The highest BCUT2D eigenvalue weighted by Gasteiger charge is 2.43. The van der Waals surface area contributed by atoms with Crippen molar-refractivity contribution in [3.8, 4) is 0 Å². The summed E-state index contributed by atoms with van der Waals surface area (Å²) in [7, 11) is 13.1. The Hall–Kier alpha value is 0.198. The summed E-state index contributed by atoms with van der Waals surface area (Å²) in [6.07, 6.45) is 7.78. The normalized spacial score (nSPS) is 19.1. The second kappa shape index (κ2) is 72.8. The van der Waals surface area contributed by atoms with E-state index in [1.807, 2.05) is 41.5 Å². The second-order valence-corrected chi connectivity index (χ2v) is 54.0. The Kier molecular flexibility index (Phi) is 71.7. The van der Waals surface area contributed by atoms with Crippen LogP contribution in [-0.2, 0) is 84.1 Å². The molecule has 0 spiro atoms. The smallest absolute Gasteiger partial charge is 0.398 e. The number of piperazine rings is 7. The lowest BCUT2D eigenvalue weighted by Gasteiger charge is -2.34. The highest BCUT2D eigenvalue weighted by Crippen LogP contribution is 2.24. The lowest BCUT2D eigenvalue weighted by molar-refractivity contribution is 0.0685. The minimum atomic E-state index is -2.43. The zero-order chi connectivity index (χ0) is 90.0. The van der Waals surface area contributed by atoms with Crippen LogP contribution in [0.15, 0.2) is 0 Å². The predicted molar refractivity (Wildman–Crippen MR) is 507 cm³/mol. The summed E-state index contributed by atoms with van der Waals surface area (Å²) in [4.78, 5) is 27.2. The van der Waals surface area contributed by atoms with Crippen LogP contribution in [0.3, 0.4) is 0 Å². The summed E-state index contributed by atoms with van der Waals surface area (Å²) in [6, 6.07) is 6.70. The average Bonchev–Trinajstić information content (AvgIpc) is 0.932. The van der Waals surface area contributed by atoms with E-state index in [2.05, 4.69) is 111 Å². The zero-order valence-corrected chi connectivity index (χ0v) is 89.3. The van der Waals surface area contributed by atoms with Gasteiger partial charge in [-0.2, -0.15) is 0 Å². The molecule has 0 aromatic carbocycles. The molecule has 0 amide bonds. The van der Waals surface area contributed by atoms with Gasteiger partial charge in [-0.05, 0) is 185 Å². The molecule has 7 aliphatic rings. The summed E-state index contributed by atoms with van der Waals surface area (Å²) in [6.45, 7) is 64.1. The van der Waals surface area contributed by atoms with Crippen molar-refractivity contribution in [1.82, 2.24) is 69.8 Å². The summed E-state index contributed by atoms with van der Waals surface area (Å²) >= 11 is 0. The first-order valence-electron chi connectivity index (χ1n) is 46.3. The third-order valence-electron chi connectivity index (χ3n) is 24.0. The van der Waals surface area contributed by atoms with Gasteiger partial charge in [0.1, 0.15) is 0 Å². The fraction of sp³-hybridized carbons (Fsp3) is 1.00. The molecule has 3 N–H and O–H groups in total. The molecule has 0 atom stereocenters. The lowest BCUT2D eigenvalue weighted by atomic mass is 10.3. The van der Waals surface area contributed by atoms with Gasteiger partial charge in [-0.15, -0.1) is 0 Å². The fourth-order valence-corrected chi connectivity index (χ4v) is 28.5. The Morgan fingerprint density at radius 3 is 0.545 bits per heavy atom. The van der Waals surface area contributed by atoms with Crippen LogP contribution in [0, 0.1) is 0 Å². The first kappa shape index (κ1) is 119. The van der Waals surface area contributed by atoms with Gasteiger partial charge in [-0.1, -0.05) is 6.92 Å². The predicted octanol–water partition coefficient (Wildman–Crippen LogP) is 6.19. The van der Waals surface area contributed by atoms with Crippen LogP contribution in [0.1, 0.15) is 93.4 Å². The third kappa shape index (κ3) is 52.9. The molecule has 7 aliphatic heterocycles. The van der Waals surface area contributed by atoms with Crippen LogP contribution in [0.5, 0.6) is 0 Å². The monoisotopic (exact) mass is 1860 g/mol. The molecular formula is C81H190N14O19Si7. The summed E-state index contributed by atoms with van der Waals surface area (Å²) in [5, 5.41) is 10.1. The van der Waals surface area contributed by atoms with E-state index in [0.717, 1.165) is 186 Å². The quantitative estimate of drug-likeness (QED) is 0.0575. The van der Waals surface area contributed by atoms with E-state index in [1.54, 1.807) is 92.4 Å². The van der Waals surface area contributed by atoms with Crippen LogP contribution >= 0.6 is 0 Å². The van der Waals surface area contributed by atoms with Crippen LogP contribution in [0.4, 0.5) is 0 Å². The summed E-state index contributed by atoms with van der Waals surface area (Å²) in [5.41, 5.74) is 0. The lowest BCUT2D eigenvalue weighted by Crippen LogP contribution is -2.48. The average molecular weight is 1860 g/mol. The molecular weight excluding hydrogens is 1670 g/mol. The molecule has 0 unspecified atom stereocenters. The molecule has 0 aromatic rings. The van der Waals surface area contributed by atoms with Crippen molar-refractivity contribution >= 4 is 61.1 Å². The maximum absolute atomic E-state index is 5.88. The maximum atomic E-state index is 5.88. The fourth-order valence-electron chi connectivity index (χ4n) is 15.4. The Bertz CT molecular complexity index is 2250. The zero-order valence-electron chi connectivity index (χ0n) is 82.3. The molecule has 0 aliphatic carbocycles. The van der Waals surface area contributed by atoms with Gasteiger partial charge in [0, 0.05) is 346 Å². The van der Waals surface area contributed by atoms with Crippen molar-refractivity contribution in [2.24, 2.45) is 0 Å². The molecule has 7 rings (SSSR count). The van der Waals surface area contributed by atoms with Gasteiger partial charge in [-0.25, -0.2) is 0 Å². The van der Waals surface area contributed by atoms with E-state index in [1.165, 1.54) is 137 Å². The molecule has 0 radical (unpaired) electrons. The highest BCUT2D eigenvalue weighted by atomic mass is 28.4. The van der Waals surface area contributed by atoms with E-state index < -0.39 is 61.1 Å². The van der Waals surface area contributed by atoms with E-state index in [9.17, 15) is 0 Å². The Morgan fingerprint density at radius 2 is 0.372 bits per heavy atom. The van der Waals surface area contributed by atoms with Crippen molar-refractivity contribution in [3.05, 3.63) is 0 Å². The van der Waals surface area contributed by atoms with Crippen LogP contribution in [-0.4, -0.2) is 504 Å². The number of hydrogen-bond donors (Lipinski definition) is 3. The van der Waals surface area contributed by atoms with Gasteiger partial charge >= 0.3 is 61.1 Å². The summed E-state index contributed by atoms with van der Waals surface area (Å²) < 4.78 is 106. The summed E-state index contributed by atoms with van der Waals surface area (Å²) in [5.74, 6) is 0. The Labute approximate surface area is 748 Å². The van der Waals surface area contributed by atoms with E-state index in [4.69, 9.17) is 84.1 Å². The standard InChI is InChI=1S/C14H32N2O3Si.C13H30N2O3Si.C12H28N2O3Si.C11H26N2O3Si.C11H26N2O2Si.C10H24N2O3Si.C10H24N2O2Si/c1-5-17-20(18-6-2,19-7-3)14-8-9-16-12-10-15(4)11-13-16;1-4-16-19(17-5-2,18-6-3)13-7-10-15-11-8-14-9-12-15;1-5-13-8-10-14(11-9-13)7-6-12-18(15-2,16-3)17-4;1-12-7-9-13(10-8-12)6-5-11-17(14-2,15-3)16-4;1-12-7-9-13(10-8-12)6-5-11-16(4,14-2)15-3;1-13-16(14-2,15-3)10-4-7-12-8-5-11-6-9-12;1-13-15(3,14-2)10-4-7-12-8-5-11-6-9-12/h5-14H2,1-4H3;14H,4-13H2,1-3H3;5-12H2,1-4H3;5-11H2,1-4H3;5-11H2,1-4H3;11H,4-10H2,1-3H3;11H,4-10H2,1-3H3. The van der Waals surface area contributed by atoms with Gasteiger partial charge in [-0.3, -0.25) is 0 Å². The number of nitrogens with one attached hydrogen (secondary N) is 3. The van der Waals surface area contributed by atoms with Crippen LogP contribution in [0.2, 0.25) is 55.4 Å². The molecule has 33 nitrogen and oxygen atoms in total. The molecule has 121 heavy (non-hydrogen) atoms. The van der Waals surface area contributed by atoms with Crippen molar-refractivity contribution in [2.45, 2.75) is 149 Å². The molecule has 7 heterocycles. The highest BCUT2D eigenvalue weighted by molar-refractivity contribution is 6.66. The van der Waals surface area contributed by atoms with Crippen molar-refractivity contribution in [1.29, 1.82) is 0 Å². The van der Waals surface area contributed by atoms with Crippen LogP contribution in [0.25, 0.3) is 0 Å². The Morgan fingerprint density at radius 1 is 0.207 bits per heavy atom.